The third kappa shape index (κ3) is 9.61. The van der Waals surface area contributed by atoms with Crippen molar-refractivity contribution in [1.29, 1.82) is 0 Å². The summed E-state index contributed by atoms with van der Waals surface area (Å²) in [5, 5.41) is 5.46. The van der Waals surface area contributed by atoms with Crippen molar-refractivity contribution in [2.45, 2.75) is 25.7 Å². The Morgan fingerprint density at radius 3 is 2.22 bits per heavy atom. The van der Waals surface area contributed by atoms with E-state index >= 15 is 0 Å². The Labute approximate surface area is 187 Å². The molecule has 0 radical (unpaired) electrons. The highest BCUT2D eigenvalue weighted by molar-refractivity contribution is 6.13. The summed E-state index contributed by atoms with van der Waals surface area (Å²) in [6, 6.07) is 7.20. The lowest BCUT2D eigenvalue weighted by molar-refractivity contribution is -0.137. The van der Waals surface area contributed by atoms with Crippen LogP contribution in [0.4, 0.5) is 5.69 Å². The largest absolute Gasteiger partial charge is 0.494 e. The van der Waals surface area contributed by atoms with E-state index in [2.05, 4.69) is 10.6 Å². The standard InChI is InChI=1S/C22H30N4O6/c23-17-3-5-18(6-4-17)32-14-2-1-11-24-20(28)10-15-31-16-12-25-19(27)9-13-26-21(29)7-8-22(26)30/h3-8H,1-2,9-16,23H2,(H,24,28)(H,25,27). The van der Waals surface area contributed by atoms with E-state index in [1.807, 2.05) is 12.1 Å². The fourth-order valence-electron chi connectivity index (χ4n) is 2.78. The van der Waals surface area contributed by atoms with Crippen molar-refractivity contribution in [2.24, 2.45) is 0 Å². The Morgan fingerprint density at radius 1 is 0.844 bits per heavy atom. The predicted molar refractivity (Wildman–Crippen MR) is 118 cm³/mol. The molecule has 1 heterocycles. The van der Waals surface area contributed by atoms with Crippen molar-refractivity contribution in [3.8, 4) is 5.75 Å². The third-order valence-electron chi connectivity index (χ3n) is 4.55. The fourth-order valence-corrected chi connectivity index (χ4v) is 2.78. The first kappa shape index (κ1) is 24.9. The van der Waals surface area contributed by atoms with Gasteiger partial charge in [-0.15, -0.1) is 0 Å². The van der Waals surface area contributed by atoms with Crippen molar-refractivity contribution in [1.82, 2.24) is 15.5 Å². The van der Waals surface area contributed by atoms with E-state index in [1.54, 1.807) is 12.1 Å². The van der Waals surface area contributed by atoms with E-state index in [9.17, 15) is 19.2 Å². The number of carbonyl (C=O) groups excluding carboxylic acids is 4. The molecule has 0 bridgehead atoms. The number of unbranched alkanes of at least 4 members (excludes halogenated alkanes) is 1. The first-order valence-electron chi connectivity index (χ1n) is 10.6. The maximum Gasteiger partial charge on any atom is 0.253 e. The molecule has 0 saturated carbocycles. The SMILES string of the molecule is Nc1ccc(OCCCCNC(=O)CCOCCNC(=O)CCN2C(=O)C=CC2=O)cc1. The van der Waals surface area contributed by atoms with Gasteiger partial charge in [-0.3, -0.25) is 24.1 Å². The molecule has 1 aliphatic rings. The second-order valence-electron chi connectivity index (χ2n) is 7.10. The van der Waals surface area contributed by atoms with Crippen LogP contribution in [0, 0.1) is 0 Å². The van der Waals surface area contributed by atoms with Crippen molar-refractivity contribution in [2.75, 3.05) is 45.2 Å². The van der Waals surface area contributed by atoms with Gasteiger partial charge in [-0.2, -0.15) is 0 Å². The van der Waals surface area contributed by atoms with Crippen LogP contribution in [0.25, 0.3) is 0 Å². The van der Waals surface area contributed by atoms with E-state index in [-0.39, 0.29) is 51.0 Å². The number of imide groups is 1. The number of benzene rings is 1. The minimum absolute atomic E-state index is 0.0343. The van der Waals surface area contributed by atoms with Gasteiger partial charge >= 0.3 is 0 Å². The van der Waals surface area contributed by atoms with E-state index < -0.39 is 11.8 Å². The first-order valence-corrected chi connectivity index (χ1v) is 10.6. The van der Waals surface area contributed by atoms with Crippen LogP contribution >= 0.6 is 0 Å². The van der Waals surface area contributed by atoms with Gasteiger partial charge in [0.2, 0.25) is 11.8 Å². The molecule has 0 aliphatic carbocycles. The molecule has 174 valence electrons. The molecular formula is C22H30N4O6. The molecule has 0 saturated heterocycles. The van der Waals surface area contributed by atoms with Crippen molar-refractivity contribution < 1.29 is 28.7 Å². The molecule has 0 fully saturated rings. The van der Waals surface area contributed by atoms with E-state index in [0.29, 0.717) is 18.8 Å². The zero-order valence-electron chi connectivity index (χ0n) is 18.0. The highest BCUT2D eigenvalue weighted by Gasteiger charge is 2.23. The van der Waals surface area contributed by atoms with Gasteiger partial charge in [0, 0.05) is 50.3 Å². The van der Waals surface area contributed by atoms with Crippen LogP contribution in [-0.4, -0.2) is 68.0 Å². The topological polar surface area (TPSA) is 140 Å². The summed E-state index contributed by atoms with van der Waals surface area (Å²) in [6.07, 6.45) is 4.26. The summed E-state index contributed by atoms with van der Waals surface area (Å²) < 4.78 is 10.9. The highest BCUT2D eigenvalue weighted by Crippen LogP contribution is 2.13. The first-order chi connectivity index (χ1) is 15.5. The molecule has 4 N–H and O–H groups in total. The Morgan fingerprint density at radius 2 is 1.50 bits per heavy atom. The van der Waals surface area contributed by atoms with Crippen molar-refractivity contribution in [3.05, 3.63) is 36.4 Å². The number of nitrogen functional groups attached to an aromatic ring is 1. The monoisotopic (exact) mass is 446 g/mol. The normalized spacial score (nSPS) is 12.8. The summed E-state index contributed by atoms with van der Waals surface area (Å²) in [6.45, 7) is 1.99. The van der Waals surface area contributed by atoms with E-state index in [4.69, 9.17) is 15.2 Å². The number of carbonyl (C=O) groups is 4. The maximum atomic E-state index is 11.8. The summed E-state index contributed by atoms with van der Waals surface area (Å²) in [5.74, 6) is -0.418. The van der Waals surface area contributed by atoms with Gasteiger partial charge in [0.15, 0.2) is 0 Å². The fraction of sp³-hybridized carbons (Fsp3) is 0.455. The molecular weight excluding hydrogens is 416 g/mol. The maximum absolute atomic E-state index is 11.8. The molecule has 0 spiro atoms. The number of amides is 4. The van der Waals surface area contributed by atoms with Crippen LogP contribution in [-0.2, 0) is 23.9 Å². The van der Waals surface area contributed by atoms with Crippen LogP contribution in [0.1, 0.15) is 25.7 Å². The van der Waals surface area contributed by atoms with Gasteiger partial charge in [-0.05, 0) is 37.1 Å². The lowest BCUT2D eigenvalue weighted by Crippen LogP contribution is -2.35. The lowest BCUT2D eigenvalue weighted by atomic mass is 10.3. The number of rotatable bonds is 15. The van der Waals surface area contributed by atoms with Crippen LogP contribution < -0.4 is 21.1 Å². The van der Waals surface area contributed by atoms with Crippen LogP contribution in [0.15, 0.2) is 36.4 Å². The lowest BCUT2D eigenvalue weighted by Gasteiger charge is -2.13. The zero-order chi connectivity index (χ0) is 23.2. The minimum atomic E-state index is -0.407. The average Bonchev–Trinajstić information content (AvgIpc) is 3.10. The number of nitrogens with zero attached hydrogens (tertiary/aromatic N) is 1. The smallest absolute Gasteiger partial charge is 0.253 e. The number of anilines is 1. The molecule has 1 aromatic carbocycles. The molecule has 2 rings (SSSR count). The van der Waals surface area contributed by atoms with E-state index in [1.165, 1.54) is 12.2 Å². The molecule has 10 heteroatoms. The second-order valence-corrected chi connectivity index (χ2v) is 7.10. The molecule has 1 aromatic rings. The summed E-state index contributed by atoms with van der Waals surface area (Å²) in [4.78, 5) is 47.3. The Kier molecular flexibility index (Phi) is 10.7. The molecule has 0 unspecified atom stereocenters. The van der Waals surface area contributed by atoms with Gasteiger partial charge in [0.1, 0.15) is 5.75 Å². The number of nitrogens with two attached hydrogens (primary N) is 1. The third-order valence-corrected chi connectivity index (χ3v) is 4.55. The van der Waals surface area contributed by atoms with E-state index in [0.717, 1.165) is 23.5 Å². The molecule has 32 heavy (non-hydrogen) atoms. The molecule has 4 amide bonds. The quantitative estimate of drug-likeness (QED) is 0.201. The number of hydrogen-bond acceptors (Lipinski definition) is 7. The zero-order valence-corrected chi connectivity index (χ0v) is 18.0. The van der Waals surface area contributed by atoms with Crippen LogP contribution in [0.5, 0.6) is 5.75 Å². The van der Waals surface area contributed by atoms with Gasteiger partial charge in [-0.25, -0.2) is 0 Å². The van der Waals surface area contributed by atoms with Crippen LogP contribution in [0.2, 0.25) is 0 Å². The second kappa shape index (κ2) is 13.8. The van der Waals surface area contributed by atoms with Gasteiger partial charge in [0.25, 0.3) is 11.8 Å². The molecule has 0 atom stereocenters. The molecule has 0 aromatic heterocycles. The van der Waals surface area contributed by atoms with Crippen molar-refractivity contribution >= 4 is 29.3 Å². The Balaban J connectivity index is 1.38. The molecule has 10 nitrogen and oxygen atoms in total. The van der Waals surface area contributed by atoms with Crippen molar-refractivity contribution in [3.63, 3.8) is 0 Å². The Hall–Kier alpha value is -3.40. The van der Waals surface area contributed by atoms with Gasteiger partial charge < -0.3 is 25.8 Å². The van der Waals surface area contributed by atoms with Gasteiger partial charge in [-0.1, -0.05) is 0 Å². The summed E-state index contributed by atoms with van der Waals surface area (Å²) in [7, 11) is 0. The predicted octanol–water partition coefficient (Wildman–Crippen LogP) is 0.382. The summed E-state index contributed by atoms with van der Waals surface area (Å²) in [5.41, 5.74) is 6.31. The van der Waals surface area contributed by atoms with Crippen LogP contribution in [0.3, 0.4) is 0 Å². The average molecular weight is 447 g/mol. The number of nitrogens with one attached hydrogen (secondary N) is 2. The Bertz CT molecular complexity index is 791. The van der Waals surface area contributed by atoms with Gasteiger partial charge in [0.05, 0.1) is 19.8 Å². The minimum Gasteiger partial charge on any atom is -0.494 e. The highest BCUT2D eigenvalue weighted by atomic mass is 16.5. The number of ether oxygens (including phenoxy) is 2. The number of hydrogen-bond donors (Lipinski definition) is 3. The molecule has 1 aliphatic heterocycles. The summed E-state index contributed by atoms with van der Waals surface area (Å²) >= 11 is 0.